The highest BCUT2D eigenvalue weighted by molar-refractivity contribution is 5.94. The monoisotopic (exact) mass is 450 g/mol. The Hall–Kier alpha value is -2.74. The van der Waals surface area contributed by atoms with E-state index in [0.29, 0.717) is 6.08 Å². The van der Waals surface area contributed by atoms with Crippen LogP contribution in [0, 0.1) is 0 Å². The van der Waals surface area contributed by atoms with Gasteiger partial charge in [-0.05, 0) is 13.8 Å². The summed E-state index contributed by atoms with van der Waals surface area (Å²) < 4.78 is 113. The van der Waals surface area contributed by atoms with Gasteiger partial charge in [0.2, 0.25) is 0 Å². The summed E-state index contributed by atoms with van der Waals surface area (Å²) in [5, 5.41) is 0. The van der Waals surface area contributed by atoms with E-state index in [-0.39, 0.29) is 5.76 Å². The molecule has 0 spiro atoms. The molecule has 0 aliphatic carbocycles. The zero-order chi connectivity index (χ0) is 24.2. The molecular formula is C14H15F9O6. The smallest absolute Gasteiger partial charge is 0.491 e. The summed E-state index contributed by atoms with van der Waals surface area (Å²) in [7, 11) is 2.79. The van der Waals surface area contributed by atoms with Crippen LogP contribution in [0.1, 0.15) is 13.8 Å². The molecule has 0 unspecified atom stereocenters. The lowest BCUT2D eigenvalue weighted by Crippen LogP contribution is -2.34. The Kier molecular flexibility index (Phi) is 13.5. The summed E-state index contributed by atoms with van der Waals surface area (Å²) in [6, 6.07) is 0. The fourth-order valence-electron chi connectivity index (χ4n) is 0.525. The SMILES string of the molecule is C=C(C)OC.COC(C)=CC(=O)C(F)(F)F.O=C(OC(=O)C(F)(F)F)C(F)(F)F. The van der Waals surface area contributed by atoms with Gasteiger partial charge in [-0.1, -0.05) is 6.58 Å². The molecule has 0 saturated heterocycles. The molecule has 0 rings (SSSR count). The first-order chi connectivity index (χ1) is 12.7. The highest BCUT2D eigenvalue weighted by atomic mass is 19.4. The van der Waals surface area contributed by atoms with E-state index in [2.05, 4.69) is 20.8 Å². The second kappa shape index (κ2) is 12.7. The van der Waals surface area contributed by atoms with Crippen molar-refractivity contribution in [3.8, 4) is 0 Å². The van der Waals surface area contributed by atoms with Crippen molar-refractivity contribution in [2.45, 2.75) is 32.4 Å². The van der Waals surface area contributed by atoms with E-state index in [0.717, 1.165) is 5.76 Å². The number of allylic oxidation sites excluding steroid dienone is 3. The van der Waals surface area contributed by atoms with E-state index < -0.39 is 36.3 Å². The maximum Gasteiger partial charge on any atom is 0.491 e. The largest absolute Gasteiger partial charge is 0.502 e. The third-order valence-corrected chi connectivity index (χ3v) is 1.93. The zero-order valence-electron chi connectivity index (χ0n) is 15.1. The number of carbonyl (C=O) groups is 3. The van der Waals surface area contributed by atoms with Crippen LogP contribution in [-0.2, 0) is 28.6 Å². The number of methoxy groups -OCH3 is 2. The number of alkyl halides is 9. The maximum absolute atomic E-state index is 11.5. The van der Waals surface area contributed by atoms with Crippen molar-refractivity contribution in [3.63, 3.8) is 0 Å². The van der Waals surface area contributed by atoms with E-state index >= 15 is 0 Å². The topological polar surface area (TPSA) is 78.9 Å². The van der Waals surface area contributed by atoms with E-state index in [1.807, 2.05) is 0 Å². The lowest BCUT2D eigenvalue weighted by Gasteiger charge is -2.06. The van der Waals surface area contributed by atoms with Crippen LogP contribution in [0.5, 0.6) is 0 Å². The number of hydrogen-bond acceptors (Lipinski definition) is 6. The van der Waals surface area contributed by atoms with Crippen LogP contribution in [0.4, 0.5) is 39.5 Å². The van der Waals surface area contributed by atoms with Crippen LogP contribution in [-0.4, -0.2) is 50.5 Å². The first-order valence-electron chi connectivity index (χ1n) is 6.63. The van der Waals surface area contributed by atoms with E-state index in [9.17, 15) is 53.9 Å². The summed E-state index contributed by atoms with van der Waals surface area (Å²) in [6.07, 6.45) is -15.7. The fourth-order valence-corrected chi connectivity index (χ4v) is 0.525. The third-order valence-electron chi connectivity index (χ3n) is 1.93. The minimum atomic E-state index is -5.62. The fraction of sp³-hybridized carbons (Fsp3) is 0.500. The van der Waals surface area contributed by atoms with Gasteiger partial charge < -0.3 is 14.2 Å². The zero-order valence-corrected chi connectivity index (χ0v) is 15.1. The van der Waals surface area contributed by atoms with Gasteiger partial charge in [0.1, 0.15) is 0 Å². The molecule has 0 aromatic rings. The van der Waals surface area contributed by atoms with E-state index in [1.165, 1.54) is 14.0 Å². The van der Waals surface area contributed by atoms with Crippen molar-refractivity contribution < 1.29 is 68.1 Å². The first-order valence-corrected chi connectivity index (χ1v) is 6.63. The molecule has 0 aromatic heterocycles. The Balaban J connectivity index is -0.000000383. The van der Waals surface area contributed by atoms with Gasteiger partial charge in [0.05, 0.1) is 25.7 Å². The molecule has 15 heteroatoms. The van der Waals surface area contributed by atoms with E-state index in [4.69, 9.17) is 0 Å². The number of carbonyl (C=O) groups excluding carboxylic acids is 3. The summed E-state index contributed by atoms with van der Waals surface area (Å²) in [4.78, 5) is 29.5. The van der Waals surface area contributed by atoms with Gasteiger partial charge in [-0.15, -0.1) is 0 Å². The van der Waals surface area contributed by atoms with Crippen molar-refractivity contribution in [2.24, 2.45) is 0 Å². The van der Waals surface area contributed by atoms with Crippen LogP contribution < -0.4 is 0 Å². The minimum Gasteiger partial charge on any atom is -0.502 e. The molecular weight excluding hydrogens is 435 g/mol. The molecule has 170 valence electrons. The molecule has 0 fully saturated rings. The second-order valence-corrected chi connectivity index (χ2v) is 4.40. The van der Waals surface area contributed by atoms with Gasteiger partial charge in [0.15, 0.2) is 0 Å². The van der Waals surface area contributed by atoms with Gasteiger partial charge in [0.25, 0.3) is 5.78 Å². The molecule has 0 amide bonds. The van der Waals surface area contributed by atoms with Crippen molar-refractivity contribution in [2.75, 3.05) is 14.2 Å². The number of hydrogen-bond donors (Lipinski definition) is 0. The van der Waals surface area contributed by atoms with Gasteiger partial charge in [-0.25, -0.2) is 9.59 Å². The quantitative estimate of drug-likeness (QED) is 0.213. The Labute approximate surface area is 157 Å². The Morgan fingerprint density at radius 3 is 1.21 bits per heavy atom. The minimum absolute atomic E-state index is 0.0627. The molecule has 0 heterocycles. The molecule has 0 saturated carbocycles. The lowest BCUT2D eigenvalue weighted by molar-refractivity contribution is -0.221. The van der Waals surface area contributed by atoms with Crippen molar-refractivity contribution in [1.82, 2.24) is 0 Å². The molecule has 0 atom stereocenters. The number of ketones is 1. The summed E-state index contributed by atoms with van der Waals surface area (Å²) in [5.74, 6) is -7.61. The van der Waals surface area contributed by atoms with Gasteiger partial charge >= 0.3 is 30.5 Å². The van der Waals surface area contributed by atoms with Crippen molar-refractivity contribution in [3.05, 3.63) is 24.2 Å². The predicted molar refractivity (Wildman–Crippen MR) is 76.9 cm³/mol. The average molecular weight is 450 g/mol. The molecule has 29 heavy (non-hydrogen) atoms. The lowest BCUT2D eigenvalue weighted by atomic mass is 10.3. The summed E-state index contributed by atoms with van der Waals surface area (Å²) >= 11 is 0. The van der Waals surface area contributed by atoms with E-state index in [1.54, 1.807) is 14.0 Å². The predicted octanol–water partition coefficient (Wildman–Crippen LogP) is 4.02. The number of rotatable bonds is 3. The standard InChI is InChI=1S/C6H7F3O2.C4F6O3.C4H8O/c1-4(11-2)3-5(10)6(7,8)9;5-3(6,7)1(11)13-2(12)4(8,9)10;1-4(2)5-3/h3H,1-2H3;;1H2,2-3H3. The first kappa shape index (κ1) is 31.0. The van der Waals surface area contributed by atoms with Crippen molar-refractivity contribution in [1.29, 1.82) is 0 Å². The number of esters is 2. The van der Waals surface area contributed by atoms with Crippen LogP contribution in [0.2, 0.25) is 0 Å². The Morgan fingerprint density at radius 2 is 1.03 bits per heavy atom. The summed E-state index contributed by atoms with van der Waals surface area (Å²) in [5.41, 5.74) is 0. The van der Waals surface area contributed by atoms with Gasteiger partial charge in [-0.3, -0.25) is 4.79 Å². The molecule has 0 aliphatic rings. The normalized spacial score (nSPS) is 11.7. The molecule has 0 aromatic carbocycles. The highest BCUT2D eigenvalue weighted by Crippen LogP contribution is 2.21. The summed E-state index contributed by atoms with van der Waals surface area (Å²) in [6.45, 7) is 6.52. The number of halogens is 9. The average Bonchev–Trinajstić information content (AvgIpc) is 2.52. The van der Waals surface area contributed by atoms with Crippen LogP contribution in [0.3, 0.4) is 0 Å². The molecule has 0 N–H and O–H groups in total. The molecule has 0 radical (unpaired) electrons. The Bertz CT molecular complexity index is 576. The molecule has 0 aliphatic heterocycles. The van der Waals surface area contributed by atoms with Gasteiger partial charge in [-0.2, -0.15) is 39.5 Å². The third kappa shape index (κ3) is 18.4. The van der Waals surface area contributed by atoms with Crippen LogP contribution >= 0.6 is 0 Å². The van der Waals surface area contributed by atoms with Crippen LogP contribution in [0.25, 0.3) is 0 Å². The maximum atomic E-state index is 11.5. The van der Waals surface area contributed by atoms with Crippen molar-refractivity contribution >= 4 is 17.7 Å². The molecule has 0 bridgehead atoms. The van der Waals surface area contributed by atoms with Crippen LogP contribution in [0.15, 0.2) is 24.2 Å². The highest BCUT2D eigenvalue weighted by Gasteiger charge is 2.49. The molecule has 6 nitrogen and oxygen atoms in total. The second-order valence-electron chi connectivity index (χ2n) is 4.40. The van der Waals surface area contributed by atoms with Gasteiger partial charge in [0, 0.05) is 6.08 Å². The number of ether oxygens (including phenoxy) is 3. The Morgan fingerprint density at radius 1 is 0.724 bits per heavy atom.